The highest BCUT2D eigenvalue weighted by molar-refractivity contribution is 5.76. The minimum atomic E-state index is -0.856. The van der Waals surface area contributed by atoms with Gasteiger partial charge in [-0.25, -0.2) is 0 Å². The molecule has 0 saturated heterocycles. The first-order valence-electron chi connectivity index (χ1n) is 29.3. The SMILES string of the molecule is CCCCCCCCCCCCCCCCCCC/C=C/C(O)C(CO)NC(=O)CCCCCCCCC/C=C\C/C=C\CCCCCOC(=O)CCCCCCCCCCCCCCC. The van der Waals surface area contributed by atoms with Crippen LogP contribution in [0.25, 0.3) is 0 Å². The molecule has 0 radical (unpaired) electrons. The van der Waals surface area contributed by atoms with Crippen molar-refractivity contribution in [3.8, 4) is 0 Å². The fraction of sp³-hybridized carbons (Fsp3) is 0.867. The van der Waals surface area contributed by atoms with Crippen molar-refractivity contribution in [2.75, 3.05) is 13.2 Å². The molecule has 0 heterocycles. The summed E-state index contributed by atoms with van der Waals surface area (Å²) in [4.78, 5) is 24.5. The molecule has 2 atom stereocenters. The van der Waals surface area contributed by atoms with E-state index in [4.69, 9.17) is 4.74 Å². The highest BCUT2D eigenvalue weighted by Gasteiger charge is 2.18. The topological polar surface area (TPSA) is 95.9 Å². The molecule has 0 aromatic heterocycles. The highest BCUT2D eigenvalue weighted by Crippen LogP contribution is 2.17. The molecule has 0 aliphatic heterocycles. The first kappa shape index (κ1) is 64.1. The van der Waals surface area contributed by atoms with Gasteiger partial charge in [0.15, 0.2) is 0 Å². The molecule has 0 rings (SSSR count). The molecule has 388 valence electrons. The van der Waals surface area contributed by atoms with Gasteiger partial charge in [0, 0.05) is 12.8 Å². The summed E-state index contributed by atoms with van der Waals surface area (Å²) in [7, 11) is 0. The van der Waals surface area contributed by atoms with Gasteiger partial charge in [0.2, 0.25) is 5.91 Å². The summed E-state index contributed by atoms with van der Waals surface area (Å²) < 4.78 is 5.45. The van der Waals surface area contributed by atoms with Crippen LogP contribution >= 0.6 is 0 Å². The molecule has 0 aliphatic rings. The molecule has 66 heavy (non-hydrogen) atoms. The van der Waals surface area contributed by atoms with Gasteiger partial charge in [0.05, 0.1) is 25.4 Å². The van der Waals surface area contributed by atoms with E-state index in [9.17, 15) is 19.8 Å². The van der Waals surface area contributed by atoms with Crippen molar-refractivity contribution >= 4 is 11.9 Å². The number of amides is 1. The van der Waals surface area contributed by atoms with Gasteiger partial charge in [0.1, 0.15) is 0 Å². The molecule has 0 bridgehead atoms. The lowest BCUT2D eigenvalue weighted by Gasteiger charge is -2.20. The average molecular weight is 929 g/mol. The summed E-state index contributed by atoms with van der Waals surface area (Å²) in [6, 6.07) is -0.640. The zero-order valence-corrected chi connectivity index (χ0v) is 44.2. The molecule has 0 saturated carbocycles. The van der Waals surface area contributed by atoms with E-state index in [2.05, 4.69) is 43.5 Å². The van der Waals surface area contributed by atoms with Crippen LogP contribution in [0.5, 0.6) is 0 Å². The monoisotopic (exact) mass is 928 g/mol. The van der Waals surface area contributed by atoms with Crippen LogP contribution in [-0.4, -0.2) is 47.4 Å². The van der Waals surface area contributed by atoms with E-state index >= 15 is 0 Å². The number of aliphatic hydroxyl groups is 2. The Hall–Kier alpha value is -1.92. The van der Waals surface area contributed by atoms with Gasteiger partial charge < -0.3 is 20.3 Å². The van der Waals surface area contributed by atoms with E-state index in [1.807, 2.05) is 6.08 Å². The normalized spacial score (nSPS) is 12.8. The van der Waals surface area contributed by atoms with Crippen molar-refractivity contribution in [1.29, 1.82) is 0 Å². The van der Waals surface area contributed by atoms with Crippen molar-refractivity contribution in [2.45, 2.75) is 321 Å². The van der Waals surface area contributed by atoms with E-state index in [0.29, 0.717) is 19.4 Å². The van der Waals surface area contributed by atoms with Crippen molar-refractivity contribution in [3.05, 3.63) is 36.5 Å². The van der Waals surface area contributed by atoms with Gasteiger partial charge in [-0.1, -0.05) is 262 Å². The van der Waals surface area contributed by atoms with Crippen LogP contribution in [0.15, 0.2) is 36.5 Å². The summed E-state index contributed by atoms with van der Waals surface area (Å²) in [6.45, 7) is 4.87. The first-order valence-corrected chi connectivity index (χ1v) is 29.3. The first-order chi connectivity index (χ1) is 32.5. The number of esters is 1. The summed E-state index contributed by atoms with van der Waals surface area (Å²) in [5, 5.41) is 23.1. The molecule has 0 aliphatic carbocycles. The molecule has 1 amide bonds. The third-order valence-corrected chi connectivity index (χ3v) is 13.4. The number of carbonyl (C=O) groups excluding carboxylic acids is 2. The van der Waals surface area contributed by atoms with Crippen LogP contribution in [-0.2, 0) is 14.3 Å². The van der Waals surface area contributed by atoms with Gasteiger partial charge in [-0.2, -0.15) is 0 Å². The Kier molecular flexibility index (Phi) is 54.1. The predicted molar refractivity (Wildman–Crippen MR) is 287 cm³/mol. The van der Waals surface area contributed by atoms with Gasteiger partial charge >= 0.3 is 5.97 Å². The van der Waals surface area contributed by atoms with Crippen LogP contribution in [0.3, 0.4) is 0 Å². The standard InChI is InChI=1S/C60H113NO5/c1-3-5-7-9-11-13-15-17-18-19-20-22-25-29-32-36-40-44-48-52-58(63)57(56-62)61-59(64)53-49-45-41-37-33-30-26-23-21-24-27-31-35-39-43-47-51-55-66-60(65)54-50-46-42-38-34-28-16-14-12-10-8-6-4-2/h21,24,31,35,48,52,57-58,62-63H,3-20,22-23,25-30,32-34,36-47,49-51,53-56H2,1-2H3,(H,61,64)/b24-21-,35-31-,52-48+. The largest absolute Gasteiger partial charge is 0.466 e. The smallest absolute Gasteiger partial charge is 0.305 e. The molecule has 0 aromatic rings. The Morgan fingerprint density at radius 1 is 0.424 bits per heavy atom. The number of nitrogens with one attached hydrogen (secondary N) is 1. The summed E-state index contributed by atoms with van der Waals surface area (Å²) in [5.41, 5.74) is 0. The van der Waals surface area contributed by atoms with Gasteiger partial charge in [-0.3, -0.25) is 9.59 Å². The molecule has 0 aromatic carbocycles. The average Bonchev–Trinajstić information content (AvgIpc) is 3.32. The molecule has 2 unspecified atom stereocenters. The number of aliphatic hydroxyl groups excluding tert-OH is 2. The van der Waals surface area contributed by atoms with E-state index in [1.165, 1.54) is 199 Å². The second-order valence-corrected chi connectivity index (χ2v) is 20.0. The Bertz CT molecular complexity index is 1070. The Labute approximate surface area is 411 Å². The van der Waals surface area contributed by atoms with Crippen LogP contribution in [0.4, 0.5) is 0 Å². The van der Waals surface area contributed by atoms with Crippen molar-refractivity contribution in [3.63, 3.8) is 0 Å². The Balaban J connectivity index is 3.53. The second kappa shape index (κ2) is 55.7. The van der Waals surface area contributed by atoms with Crippen molar-refractivity contribution < 1.29 is 24.5 Å². The number of hydrogen-bond acceptors (Lipinski definition) is 5. The van der Waals surface area contributed by atoms with Crippen LogP contribution < -0.4 is 5.32 Å². The number of hydrogen-bond donors (Lipinski definition) is 3. The van der Waals surface area contributed by atoms with Crippen LogP contribution in [0.2, 0.25) is 0 Å². The lowest BCUT2D eigenvalue weighted by molar-refractivity contribution is -0.143. The van der Waals surface area contributed by atoms with E-state index in [1.54, 1.807) is 6.08 Å². The summed E-state index contributed by atoms with van der Waals surface area (Å²) >= 11 is 0. The lowest BCUT2D eigenvalue weighted by atomic mass is 10.0. The molecule has 0 spiro atoms. The maximum atomic E-state index is 12.5. The van der Waals surface area contributed by atoms with Gasteiger partial charge in [-0.15, -0.1) is 0 Å². The Morgan fingerprint density at radius 2 is 0.758 bits per heavy atom. The molecular weight excluding hydrogens is 815 g/mol. The highest BCUT2D eigenvalue weighted by atomic mass is 16.5. The van der Waals surface area contributed by atoms with E-state index in [-0.39, 0.29) is 18.5 Å². The third-order valence-electron chi connectivity index (χ3n) is 13.4. The maximum absolute atomic E-state index is 12.5. The molecule has 6 nitrogen and oxygen atoms in total. The number of carbonyl (C=O) groups is 2. The molecular formula is C60H113NO5. The summed E-state index contributed by atoms with van der Waals surface area (Å²) in [5.74, 6) is -0.0973. The minimum absolute atomic E-state index is 0.0149. The maximum Gasteiger partial charge on any atom is 0.305 e. The third kappa shape index (κ3) is 51.5. The molecule has 3 N–H and O–H groups in total. The zero-order chi connectivity index (χ0) is 47.9. The van der Waals surface area contributed by atoms with Gasteiger partial charge in [-0.05, 0) is 70.6 Å². The lowest BCUT2D eigenvalue weighted by Crippen LogP contribution is -2.45. The molecule has 0 fully saturated rings. The van der Waals surface area contributed by atoms with E-state index in [0.717, 1.165) is 83.5 Å². The van der Waals surface area contributed by atoms with Crippen LogP contribution in [0.1, 0.15) is 309 Å². The quantitative estimate of drug-likeness (QED) is 0.0321. The van der Waals surface area contributed by atoms with Crippen molar-refractivity contribution in [1.82, 2.24) is 5.32 Å². The van der Waals surface area contributed by atoms with E-state index < -0.39 is 12.1 Å². The van der Waals surface area contributed by atoms with Crippen LogP contribution in [0, 0.1) is 0 Å². The number of allylic oxidation sites excluding steroid dienone is 5. The van der Waals surface area contributed by atoms with Gasteiger partial charge in [0.25, 0.3) is 0 Å². The fourth-order valence-electron chi connectivity index (χ4n) is 8.90. The fourth-order valence-corrected chi connectivity index (χ4v) is 8.90. The number of rotatable bonds is 54. The molecule has 6 heteroatoms. The Morgan fingerprint density at radius 3 is 1.15 bits per heavy atom. The number of ether oxygens (including phenoxy) is 1. The second-order valence-electron chi connectivity index (χ2n) is 20.0. The van der Waals surface area contributed by atoms with Crippen molar-refractivity contribution in [2.24, 2.45) is 0 Å². The summed E-state index contributed by atoms with van der Waals surface area (Å²) in [6.07, 6.45) is 68.8. The minimum Gasteiger partial charge on any atom is -0.466 e. The predicted octanol–water partition coefficient (Wildman–Crippen LogP) is 18.0. The zero-order valence-electron chi connectivity index (χ0n) is 44.2. The number of unbranched alkanes of at least 4 members (excludes halogenated alkanes) is 39.